The molecule has 2 heterocycles. The third kappa shape index (κ3) is 3.21. The number of piperidine rings is 1. The fourth-order valence-electron chi connectivity index (χ4n) is 3.43. The molecule has 1 saturated heterocycles. The Morgan fingerprint density at radius 1 is 1.33 bits per heavy atom. The lowest BCUT2D eigenvalue weighted by Gasteiger charge is -2.32. The van der Waals surface area contributed by atoms with E-state index < -0.39 is 0 Å². The quantitative estimate of drug-likeness (QED) is 0.921. The number of amides is 1. The summed E-state index contributed by atoms with van der Waals surface area (Å²) >= 11 is 0. The van der Waals surface area contributed by atoms with Gasteiger partial charge in [-0.1, -0.05) is 18.2 Å². The van der Waals surface area contributed by atoms with Crippen LogP contribution in [0.15, 0.2) is 24.3 Å². The van der Waals surface area contributed by atoms with Gasteiger partial charge in [0, 0.05) is 25.7 Å². The molecule has 2 aliphatic rings. The molecular formula is C17H25N3O. The van der Waals surface area contributed by atoms with Crippen LogP contribution in [0, 0.1) is 5.92 Å². The highest BCUT2D eigenvalue weighted by molar-refractivity contribution is 5.87. The molecule has 1 fully saturated rings. The van der Waals surface area contributed by atoms with Crippen molar-refractivity contribution < 1.29 is 4.79 Å². The standard InChI is InChI=1S/C17H25N3O/c1-19-9-7-13(8-10-19)12-20(2)17(21)16-11-14-5-3-4-6-15(14)18-16/h3-6,13,16,18H,7-12H2,1-2H3. The number of carbonyl (C=O) groups excluding carboxylic acids is 1. The minimum atomic E-state index is -0.0846. The van der Waals surface area contributed by atoms with E-state index in [1.807, 2.05) is 24.1 Å². The second kappa shape index (κ2) is 6.06. The van der Waals surface area contributed by atoms with Crippen molar-refractivity contribution in [2.75, 3.05) is 39.0 Å². The molecule has 1 aromatic carbocycles. The predicted molar refractivity (Wildman–Crippen MR) is 85.4 cm³/mol. The molecule has 0 radical (unpaired) electrons. The van der Waals surface area contributed by atoms with Gasteiger partial charge in [0.2, 0.25) is 5.91 Å². The van der Waals surface area contributed by atoms with E-state index >= 15 is 0 Å². The van der Waals surface area contributed by atoms with Crippen LogP contribution in [0.3, 0.4) is 0 Å². The van der Waals surface area contributed by atoms with Crippen molar-refractivity contribution in [3.05, 3.63) is 29.8 Å². The normalized spacial score (nSPS) is 22.7. The van der Waals surface area contributed by atoms with Crippen molar-refractivity contribution in [1.29, 1.82) is 0 Å². The Labute approximate surface area is 127 Å². The summed E-state index contributed by atoms with van der Waals surface area (Å²) in [6.45, 7) is 3.20. The molecule has 1 amide bonds. The first-order valence-corrected chi connectivity index (χ1v) is 7.91. The number of nitrogens with zero attached hydrogens (tertiary/aromatic N) is 2. The number of fused-ring (bicyclic) bond motifs is 1. The molecular weight excluding hydrogens is 262 g/mol. The lowest BCUT2D eigenvalue weighted by Crippen LogP contribution is -2.43. The molecule has 0 saturated carbocycles. The molecule has 0 aliphatic carbocycles. The Hall–Kier alpha value is -1.55. The first-order valence-electron chi connectivity index (χ1n) is 7.91. The number of likely N-dealkylation sites (tertiary alicyclic amines) is 1. The van der Waals surface area contributed by atoms with E-state index in [9.17, 15) is 4.79 Å². The van der Waals surface area contributed by atoms with E-state index in [0.717, 1.165) is 31.7 Å². The Kier molecular flexibility index (Phi) is 4.15. The molecule has 0 spiro atoms. The van der Waals surface area contributed by atoms with Gasteiger partial charge in [-0.25, -0.2) is 0 Å². The molecule has 2 aliphatic heterocycles. The van der Waals surface area contributed by atoms with Crippen LogP contribution in [0.2, 0.25) is 0 Å². The van der Waals surface area contributed by atoms with E-state index in [1.54, 1.807) is 0 Å². The van der Waals surface area contributed by atoms with E-state index in [-0.39, 0.29) is 11.9 Å². The molecule has 1 aromatic rings. The molecule has 1 unspecified atom stereocenters. The summed E-state index contributed by atoms with van der Waals surface area (Å²) in [4.78, 5) is 16.9. The molecule has 21 heavy (non-hydrogen) atoms. The van der Waals surface area contributed by atoms with Gasteiger partial charge < -0.3 is 15.1 Å². The highest BCUT2D eigenvalue weighted by Crippen LogP contribution is 2.26. The second-order valence-electron chi connectivity index (χ2n) is 6.52. The van der Waals surface area contributed by atoms with Gasteiger partial charge in [-0.3, -0.25) is 4.79 Å². The van der Waals surface area contributed by atoms with E-state index in [4.69, 9.17) is 0 Å². The summed E-state index contributed by atoms with van der Waals surface area (Å²) in [5.41, 5.74) is 2.37. The Balaban J connectivity index is 1.54. The maximum absolute atomic E-state index is 12.6. The first-order chi connectivity index (χ1) is 10.1. The van der Waals surface area contributed by atoms with Crippen LogP contribution in [-0.2, 0) is 11.2 Å². The lowest BCUT2D eigenvalue weighted by atomic mass is 9.96. The maximum atomic E-state index is 12.6. The van der Waals surface area contributed by atoms with Crippen LogP contribution in [0.1, 0.15) is 18.4 Å². The fourth-order valence-corrected chi connectivity index (χ4v) is 3.43. The SMILES string of the molecule is CN1CCC(CN(C)C(=O)C2Cc3ccccc3N2)CC1. The summed E-state index contributed by atoms with van der Waals surface area (Å²) in [5, 5.41) is 3.36. The zero-order valence-corrected chi connectivity index (χ0v) is 13.0. The number of hydrogen-bond donors (Lipinski definition) is 1. The first kappa shape index (κ1) is 14.4. The van der Waals surface area contributed by atoms with Crippen molar-refractivity contribution >= 4 is 11.6 Å². The van der Waals surface area contributed by atoms with E-state index in [2.05, 4.69) is 29.4 Å². The van der Waals surface area contributed by atoms with Gasteiger partial charge in [-0.15, -0.1) is 0 Å². The average molecular weight is 287 g/mol. The Morgan fingerprint density at radius 3 is 2.76 bits per heavy atom. The molecule has 0 bridgehead atoms. The smallest absolute Gasteiger partial charge is 0.245 e. The van der Waals surface area contributed by atoms with Gasteiger partial charge in [0.05, 0.1) is 0 Å². The van der Waals surface area contributed by atoms with Crippen LogP contribution in [0.5, 0.6) is 0 Å². The molecule has 3 rings (SSSR count). The van der Waals surface area contributed by atoms with Crippen molar-refractivity contribution in [1.82, 2.24) is 9.80 Å². The largest absolute Gasteiger partial charge is 0.373 e. The molecule has 4 heteroatoms. The molecule has 4 nitrogen and oxygen atoms in total. The predicted octanol–water partition coefficient (Wildman–Crippen LogP) is 1.82. The van der Waals surface area contributed by atoms with Crippen LogP contribution >= 0.6 is 0 Å². The minimum Gasteiger partial charge on any atom is -0.373 e. The van der Waals surface area contributed by atoms with Crippen LogP contribution < -0.4 is 5.32 Å². The van der Waals surface area contributed by atoms with Crippen molar-refractivity contribution in [3.63, 3.8) is 0 Å². The van der Waals surface area contributed by atoms with Crippen molar-refractivity contribution in [2.24, 2.45) is 5.92 Å². The third-order valence-electron chi connectivity index (χ3n) is 4.82. The number of rotatable bonds is 3. The highest BCUT2D eigenvalue weighted by atomic mass is 16.2. The number of likely N-dealkylation sites (N-methyl/N-ethyl adjacent to an activating group) is 1. The van der Waals surface area contributed by atoms with Crippen LogP contribution in [0.4, 0.5) is 5.69 Å². The highest BCUT2D eigenvalue weighted by Gasteiger charge is 2.29. The summed E-state index contributed by atoms with van der Waals surface area (Å²) in [5.74, 6) is 0.879. The van der Waals surface area contributed by atoms with Gasteiger partial charge in [0.1, 0.15) is 6.04 Å². The monoisotopic (exact) mass is 287 g/mol. The van der Waals surface area contributed by atoms with Crippen molar-refractivity contribution in [3.8, 4) is 0 Å². The number of para-hydroxylation sites is 1. The van der Waals surface area contributed by atoms with E-state index in [1.165, 1.54) is 18.4 Å². The molecule has 114 valence electrons. The van der Waals surface area contributed by atoms with Gasteiger partial charge in [-0.05, 0) is 50.5 Å². The zero-order chi connectivity index (χ0) is 14.8. The zero-order valence-electron chi connectivity index (χ0n) is 13.0. The van der Waals surface area contributed by atoms with Gasteiger partial charge in [0.25, 0.3) is 0 Å². The second-order valence-corrected chi connectivity index (χ2v) is 6.52. The number of anilines is 1. The number of benzene rings is 1. The summed E-state index contributed by atoms with van der Waals surface area (Å²) in [6, 6.07) is 8.13. The lowest BCUT2D eigenvalue weighted by molar-refractivity contribution is -0.131. The van der Waals surface area contributed by atoms with E-state index in [0.29, 0.717) is 5.92 Å². The van der Waals surface area contributed by atoms with Crippen LogP contribution in [-0.4, -0.2) is 55.5 Å². The van der Waals surface area contributed by atoms with Gasteiger partial charge in [-0.2, -0.15) is 0 Å². The molecule has 1 atom stereocenters. The molecule has 1 N–H and O–H groups in total. The Morgan fingerprint density at radius 2 is 2.05 bits per heavy atom. The van der Waals surface area contributed by atoms with Gasteiger partial charge >= 0.3 is 0 Å². The van der Waals surface area contributed by atoms with Crippen LogP contribution in [0.25, 0.3) is 0 Å². The van der Waals surface area contributed by atoms with Crippen molar-refractivity contribution in [2.45, 2.75) is 25.3 Å². The maximum Gasteiger partial charge on any atom is 0.245 e. The van der Waals surface area contributed by atoms with Gasteiger partial charge in [0.15, 0.2) is 0 Å². The summed E-state index contributed by atoms with van der Waals surface area (Å²) in [7, 11) is 4.12. The number of nitrogens with one attached hydrogen (secondary N) is 1. The summed E-state index contributed by atoms with van der Waals surface area (Å²) < 4.78 is 0. The summed E-state index contributed by atoms with van der Waals surface area (Å²) in [6.07, 6.45) is 3.21. The Bertz CT molecular complexity index is 484. The fraction of sp³-hybridized carbons (Fsp3) is 0.588. The minimum absolute atomic E-state index is 0.0846. The average Bonchev–Trinajstić information content (AvgIpc) is 2.92. The number of carbonyl (C=O) groups is 1. The number of hydrogen-bond acceptors (Lipinski definition) is 3. The topological polar surface area (TPSA) is 35.6 Å². The third-order valence-corrected chi connectivity index (χ3v) is 4.82. The molecule has 0 aromatic heterocycles.